The maximum atomic E-state index is 12.3. The number of ether oxygens (including phenoxy) is 2. The molecule has 0 aliphatic rings. The molecule has 2 aromatic rings. The van der Waals surface area contributed by atoms with Gasteiger partial charge in [0.1, 0.15) is 11.5 Å². The Morgan fingerprint density at radius 1 is 1.04 bits per heavy atom. The van der Waals surface area contributed by atoms with Crippen LogP contribution in [0.2, 0.25) is 0 Å². The van der Waals surface area contributed by atoms with Crippen LogP contribution in [0.1, 0.15) is 25.0 Å². The first-order valence-electron chi connectivity index (χ1n) is 8.51. The van der Waals surface area contributed by atoms with Gasteiger partial charge in [-0.2, -0.15) is 0 Å². The SMILES string of the molecule is CCOc1ccc(OC(C)C(=O)NNS(=O)(=O)c2ccc(C)c(C)c2)cc1. The summed E-state index contributed by atoms with van der Waals surface area (Å²) in [4.78, 5) is 14.3. The summed E-state index contributed by atoms with van der Waals surface area (Å²) >= 11 is 0. The van der Waals surface area contributed by atoms with Crippen LogP contribution in [-0.4, -0.2) is 27.0 Å². The predicted molar refractivity (Wildman–Crippen MR) is 102 cm³/mol. The van der Waals surface area contributed by atoms with E-state index < -0.39 is 22.0 Å². The zero-order chi connectivity index (χ0) is 20.0. The first kappa shape index (κ1) is 20.7. The van der Waals surface area contributed by atoms with Crippen LogP contribution in [0.15, 0.2) is 47.4 Å². The molecule has 1 amide bonds. The number of sulfonamides is 1. The van der Waals surface area contributed by atoms with Crippen LogP contribution in [-0.2, 0) is 14.8 Å². The third-order valence-electron chi connectivity index (χ3n) is 3.91. The monoisotopic (exact) mass is 392 g/mol. The van der Waals surface area contributed by atoms with E-state index in [-0.39, 0.29) is 4.90 Å². The molecule has 0 spiro atoms. The molecular formula is C19H24N2O5S. The summed E-state index contributed by atoms with van der Waals surface area (Å²) in [5.41, 5.74) is 4.01. The fraction of sp³-hybridized carbons (Fsp3) is 0.316. The summed E-state index contributed by atoms with van der Waals surface area (Å²) < 4.78 is 35.4. The van der Waals surface area contributed by atoms with Gasteiger partial charge >= 0.3 is 0 Å². The van der Waals surface area contributed by atoms with E-state index in [1.165, 1.54) is 13.0 Å². The van der Waals surface area contributed by atoms with Gasteiger partial charge < -0.3 is 9.47 Å². The molecule has 0 saturated carbocycles. The van der Waals surface area contributed by atoms with E-state index in [4.69, 9.17) is 9.47 Å². The van der Waals surface area contributed by atoms with Crippen LogP contribution in [0.5, 0.6) is 11.5 Å². The van der Waals surface area contributed by atoms with Gasteiger partial charge in [0.2, 0.25) is 0 Å². The van der Waals surface area contributed by atoms with E-state index >= 15 is 0 Å². The molecule has 2 N–H and O–H groups in total. The Labute approximate surface area is 159 Å². The number of benzene rings is 2. The Bertz CT molecular complexity index is 895. The second kappa shape index (κ2) is 8.88. The third-order valence-corrected chi connectivity index (χ3v) is 5.16. The molecule has 146 valence electrons. The van der Waals surface area contributed by atoms with Crippen molar-refractivity contribution in [3.05, 3.63) is 53.6 Å². The predicted octanol–water partition coefficient (Wildman–Crippen LogP) is 2.48. The van der Waals surface area contributed by atoms with E-state index in [1.54, 1.807) is 36.4 Å². The van der Waals surface area contributed by atoms with Gasteiger partial charge in [-0.15, -0.1) is 4.83 Å². The van der Waals surface area contributed by atoms with Crippen LogP contribution in [0.25, 0.3) is 0 Å². The van der Waals surface area contributed by atoms with E-state index in [2.05, 4.69) is 10.3 Å². The maximum absolute atomic E-state index is 12.3. The van der Waals surface area contributed by atoms with Crippen LogP contribution in [0.4, 0.5) is 0 Å². The number of hydrogen-bond donors (Lipinski definition) is 2. The van der Waals surface area contributed by atoms with Crippen molar-refractivity contribution in [2.24, 2.45) is 0 Å². The first-order chi connectivity index (χ1) is 12.7. The lowest BCUT2D eigenvalue weighted by Gasteiger charge is -2.16. The molecule has 0 bridgehead atoms. The quantitative estimate of drug-likeness (QED) is 0.673. The van der Waals surface area contributed by atoms with Gasteiger partial charge in [-0.1, -0.05) is 6.07 Å². The largest absolute Gasteiger partial charge is 0.494 e. The highest BCUT2D eigenvalue weighted by Gasteiger charge is 2.19. The summed E-state index contributed by atoms with van der Waals surface area (Å²) in [5, 5.41) is 0. The van der Waals surface area contributed by atoms with Crippen molar-refractivity contribution in [2.75, 3.05) is 6.61 Å². The number of nitrogens with one attached hydrogen (secondary N) is 2. The first-order valence-corrected chi connectivity index (χ1v) is 9.99. The van der Waals surface area contributed by atoms with Crippen molar-refractivity contribution in [3.63, 3.8) is 0 Å². The highest BCUT2D eigenvalue weighted by atomic mass is 32.2. The van der Waals surface area contributed by atoms with Gasteiger partial charge in [0.15, 0.2) is 6.10 Å². The summed E-state index contributed by atoms with van der Waals surface area (Å²) in [6, 6.07) is 11.5. The van der Waals surface area contributed by atoms with Gasteiger partial charge in [-0.25, -0.2) is 8.42 Å². The van der Waals surface area contributed by atoms with Crippen molar-refractivity contribution in [3.8, 4) is 11.5 Å². The highest BCUT2D eigenvalue weighted by Crippen LogP contribution is 2.18. The molecule has 0 heterocycles. The molecule has 0 aromatic heterocycles. The molecule has 0 aliphatic heterocycles. The van der Waals surface area contributed by atoms with Gasteiger partial charge in [-0.3, -0.25) is 10.2 Å². The van der Waals surface area contributed by atoms with E-state index in [0.29, 0.717) is 18.1 Å². The minimum Gasteiger partial charge on any atom is -0.494 e. The molecule has 2 rings (SSSR count). The standard InChI is InChI=1S/C19H24N2O5S/c1-5-25-16-7-9-17(10-8-16)26-15(4)19(22)20-21-27(23,24)18-11-6-13(2)14(3)12-18/h6-12,15,21H,5H2,1-4H3,(H,20,22). The second-order valence-electron chi connectivity index (χ2n) is 6.01. The Kier molecular flexibility index (Phi) is 6.81. The fourth-order valence-corrected chi connectivity index (χ4v) is 3.13. The van der Waals surface area contributed by atoms with Crippen molar-refractivity contribution in [1.82, 2.24) is 10.3 Å². The normalized spacial score (nSPS) is 12.3. The highest BCUT2D eigenvalue weighted by molar-refractivity contribution is 7.89. The Morgan fingerprint density at radius 2 is 1.67 bits per heavy atom. The summed E-state index contributed by atoms with van der Waals surface area (Å²) in [7, 11) is -3.87. The molecule has 8 heteroatoms. The molecule has 2 aromatic carbocycles. The number of hydrazine groups is 1. The molecule has 0 saturated heterocycles. The average Bonchev–Trinajstić information content (AvgIpc) is 2.63. The molecule has 27 heavy (non-hydrogen) atoms. The summed E-state index contributed by atoms with van der Waals surface area (Å²) in [5.74, 6) is 0.553. The Balaban J connectivity index is 1.94. The van der Waals surface area contributed by atoms with E-state index in [9.17, 15) is 13.2 Å². The zero-order valence-electron chi connectivity index (χ0n) is 15.8. The minimum absolute atomic E-state index is 0.0750. The van der Waals surface area contributed by atoms with Crippen LogP contribution >= 0.6 is 0 Å². The lowest BCUT2D eigenvalue weighted by Crippen LogP contribution is -2.47. The second-order valence-corrected chi connectivity index (χ2v) is 7.69. The van der Waals surface area contributed by atoms with Gasteiger partial charge in [0.25, 0.3) is 15.9 Å². The number of hydrogen-bond acceptors (Lipinski definition) is 5. The molecule has 0 fully saturated rings. The molecule has 1 atom stereocenters. The van der Waals surface area contributed by atoms with Gasteiger partial charge in [0.05, 0.1) is 11.5 Å². The van der Waals surface area contributed by atoms with E-state index in [0.717, 1.165) is 11.1 Å². The Hall–Kier alpha value is -2.58. The number of carbonyl (C=O) groups excluding carboxylic acids is 1. The zero-order valence-corrected chi connectivity index (χ0v) is 16.6. The minimum atomic E-state index is -3.87. The van der Waals surface area contributed by atoms with Crippen LogP contribution in [0, 0.1) is 13.8 Å². The molecular weight excluding hydrogens is 368 g/mol. The van der Waals surface area contributed by atoms with Crippen molar-refractivity contribution in [2.45, 2.75) is 38.7 Å². The van der Waals surface area contributed by atoms with Crippen molar-refractivity contribution >= 4 is 15.9 Å². The van der Waals surface area contributed by atoms with Crippen LogP contribution in [0.3, 0.4) is 0 Å². The molecule has 1 unspecified atom stereocenters. The smallest absolute Gasteiger partial charge is 0.275 e. The lowest BCUT2D eigenvalue weighted by atomic mass is 10.1. The summed E-state index contributed by atoms with van der Waals surface area (Å²) in [6.45, 7) is 7.67. The number of carbonyl (C=O) groups is 1. The maximum Gasteiger partial charge on any atom is 0.275 e. The average molecular weight is 392 g/mol. The van der Waals surface area contributed by atoms with Crippen molar-refractivity contribution < 1.29 is 22.7 Å². The number of rotatable bonds is 8. The molecule has 0 aliphatic carbocycles. The topological polar surface area (TPSA) is 93.7 Å². The summed E-state index contributed by atoms with van der Waals surface area (Å²) in [6.07, 6.45) is -0.898. The van der Waals surface area contributed by atoms with Gasteiger partial charge in [-0.05, 0) is 75.2 Å². The van der Waals surface area contributed by atoms with Crippen molar-refractivity contribution in [1.29, 1.82) is 0 Å². The Morgan fingerprint density at radius 3 is 2.26 bits per heavy atom. The number of aryl methyl sites for hydroxylation is 2. The molecule has 0 radical (unpaired) electrons. The van der Waals surface area contributed by atoms with E-state index in [1.807, 2.05) is 20.8 Å². The fourth-order valence-electron chi connectivity index (χ4n) is 2.20. The number of amides is 1. The third kappa shape index (κ3) is 5.70. The molecule has 7 nitrogen and oxygen atoms in total. The van der Waals surface area contributed by atoms with Gasteiger partial charge in [0, 0.05) is 0 Å². The van der Waals surface area contributed by atoms with Crippen LogP contribution < -0.4 is 19.7 Å². The lowest BCUT2D eigenvalue weighted by molar-refractivity contribution is -0.127.